The summed E-state index contributed by atoms with van der Waals surface area (Å²) >= 11 is 0. The van der Waals surface area contributed by atoms with Crippen molar-refractivity contribution in [1.82, 2.24) is 4.90 Å². The zero-order valence-electron chi connectivity index (χ0n) is 12.4. The summed E-state index contributed by atoms with van der Waals surface area (Å²) in [4.78, 5) is 2.49. The van der Waals surface area contributed by atoms with Crippen LogP contribution < -0.4 is 5.73 Å². The van der Waals surface area contributed by atoms with Gasteiger partial charge in [0.1, 0.15) is 0 Å². The molecule has 1 aliphatic rings. The van der Waals surface area contributed by atoms with Crippen LogP contribution in [0.25, 0.3) is 0 Å². The molecule has 1 aromatic rings. The van der Waals surface area contributed by atoms with Crippen molar-refractivity contribution < 1.29 is 9.47 Å². The molecular formula is C16H26N2O2. The first-order chi connectivity index (χ1) is 9.86. The van der Waals surface area contributed by atoms with Crippen molar-refractivity contribution in [2.45, 2.75) is 18.9 Å². The Morgan fingerprint density at radius 1 is 1.25 bits per heavy atom. The zero-order chi connectivity index (χ0) is 14.2. The third-order valence-corrected chi connectivity index (χ3v) is 3.91. The Morgan fingerprint density at radius 2 is 2.10 bits per heavy atom. The van der Waals surface area contributed by atoms with Gasteiger partial charge in [0, 0.05) is 39.4 Å². The van der Waals surface area contributed by atoms with Gasteiger partial charge in [-0.05, 0) is 24.0 Å². The molecule has 4 nitrogen and oxygen atoms in total. The molecule has 2 rings (SSSR count). The molecule has 1 atom stereocenters. The smallest absolute Gasteiger partial charge is 0.0700 e. The number of nitrogens with two attached hydrogens (primary N) is 1. The lowest BCUT2D eigenvalue weighted by Crippen LogP contribution is -2.40. The van der Waals surface area contributed by atoms with E-state index in [1.54, 1.807) is 7.11 Å². The Morgan fingerprint density at radius 3 is 2.90 bits per heavy atom. The fraction of sp³-hybridized carbons (Fsp3) is 0.625. The molecule has 0 spiro atoms. The number of rotatable bonds is 8. The van der Waals surface area contributed by atoms with E-state index in [1.165, 1.54) is 11.1 Å². The number of methoxy groups -OCH3 is 1. The second-order valence-electron chi connectivity index (χ2n) is 5.20. The Labute approximate surface area is 121 Å². The molecule has 0 aliphatic carbocycles. The van der Waals surface area contributed by atoms with Gasteiger partial charge in [0.25, 0.3) is 0 Å². The Balaban J connectivity index is 1.81. The third-order valence-electron chi connectivity index (χ3n) is 3.91. The molecule has 0 saturated heterocycles. The van der Waals surface area contributed by atoms with Crippen molar-refractivity contribution in [3.8, 4) is 0 Å². The van der Waals surface area contributed by atoms with Crippen LogP contribution in [-0.4, -0.2) is 51.5 Å². The highest BCUT2D eigenvalue weighted by Gasteiger charge is 2.25. The SMILES string of the molecule is COCCOCCCN1CCc2ccccc2C1CN. The summed E-state index contributed by atoms with van der Waals surface area (Å²) in [6.45, 7) is 4.96. The van der Waals surface area contributed by atoms with E-state index >= 15 is 0 Å². The molecule has 0 aromatic heterocycles. The van der Waals surface area contributed by atoms with Gasteiger partial charge in [0.15, 0.2) is 0 Å². The average Bonchev–Trinajstić information content (AvgIpc) is 2.50. The Bertz CT molecular complexity index is 398. The molecule has 112 valence electrons. The first-order valence-electron chi connectivity index (χ1n) is 7.45. The van der Waals surface area contributed by atoms with E-state index < -0.39 is 0 Å². The molecule has 20 heavy (non-hydrogen) atoms. The number of hydrogen-bond donors (Lipinski definition) is 1. The maximum Gasteiger partial charge on any atom is 0.0700 e. The zero-order valence-corrected chi connectivity index (χ0v) is 12.4. The summed E-state index contributed by atoms with van der Waals surface area (Å²) in [5.41, 5.74) is 8.85. The van der Waals surface area contributed by atoms with E-state index in [-0.39, 0.29) is 0 Å². The number of benzene rings is 1. The minimum atomic E-state index is 0.360. The van der Waals surface area contributed by atoms with Crippen molar-refractivity contribution in [2.24, 2.45) is 5.73 Å². The molecule has 0 fully saturated rings. The van der Waals surface area contributed by atoms with Crippen LogP contribution in [0.1, 0.15) is 23.6 Å². The van der Waals surface area contributed by atoms with Crippen LogP contribution in [0, 0.1) is 0 Å². The summed E-state index contributed by atoms with van der Waals surface area (Å²) in [6.07, 6.45) is 2.17. The van der Waals surface area contributed by atoms with Crippen LogP contribution in [0.5, 0.6) is 0 Å². The van der Waals surface area contributed by atoms with Crippen molar-refractivity contribution in [2.75, 3.05) is 46.6 Å². The van der Waals surface area contributed by atoms with Gasteiger partial charge in [-0.2, -0.15) is 0 Å². The van der Waals surface area contributed by atoms with Gasteiger partial charge in [0.2, 0.25) is 0 Å². The van der Waals surface area contributed by atoms with Gasteiger partial charge in [-0.25, -0.2) is 0 Å². The lowest BCUT2D eigenvalue weighted by Gasteiger charge is -2.36. The van der Waals surface area contributed by atoms with E-state index in [0.29, 0.717) is 25.8 Å². The summed E-state index contributed by atoms with van der Waals surface area (Å²) in [7, 11) is 1.69. The lowest BCUT2D eigenvalue weighted by molar-refractivity contribution is 0.0621. The monoisotopic (exact) mass is 278 g/mol. The standard InChI is InChI=1S/C16H26N2O2/c1-19-11-12-20-10-4-8-18-9-7-14-5-2-3-6-15(14)16(18)13-17/h2-3,5-6,16H,4,7-13,17H2,1H3. The minimum absolute atomic E-state index is 0.360. The maximum atomic E-state index is 5.99. The van der Waals surface area contributed by atoms with Gasteiger partial charge in [0.05, 0.1) is 13.2 Å². The van der Waals surface area contributed by atoms with Crippen LogP contribution in [0.3, 0.4) is 0 Å². The van der Waals surface area contributed by atoms with E-state index in [0.717, 1.165) is 32.5 Å². The van der Waals surface area contributed by atoms with Crippen LogP contribution in [0.4, 0.5) is 0 Å². The first kappa shape index (κ1) is 15.4. The molecule has 0 saturated carbocycles. The van der Waals surface area contributed by atoms with Crippen molar-refractivity contribution in [3.05, 3.63) is 35.4 Å². The first-order valence-corrected chi connectivity index (χ1v) is 7.45. The quantitative estimate of drug-likeness (QED) is 0.734. The second kappa shape index (κ2) is 8.37. The third kappa shape index (κ3) is 4.03. The van der Waals surface area contributed by atoms with E-state index in [1.807, 2.05) is 0 Å². The molecule has 4 heteroatoms. The molecule has 2 N–H and O–H groups in total. The number of fused-ring (bicyclic) bond motifs is 1. The molecule has 1 unspecified atom stereocenters. The number of ether oxygens (including phenoxy) is 2. The molecule has 1 heterocycles. The molecule has 1 aromatic carbocycles. The molecule has 1 aliphatic heterocycles. The fourth-order valence-corrected chi connectivity index (χ4v) is 2.86. The summed E-state index contributed by atoms with van der Waals surface area (Å²) in [5, 5.41) is 0. The highest BCUT2D eigenvalue weighted by atomic mass is 16.5. The van der Waals surface area contributed by atoms with Crippen molar-refractivity contribution in [1.29, 1.82) is 0 Å². The Hall–Kier alpha value is -0.940. The second-order valence-corrected chi connectivity index (χ2v) is 5.20. The maximum absolute atomic E-state index is 5.99. The lowest BCUT2D eigenvalue weighted by atomic mass is 9.92. The predicted molar refractivity (Wildman–Crippen MR) is 80.8 cm³/mol. The topological polar surface area (TPSA) is 47.7 Å². The van der Waals surface area contributed by atoms with E-state index in [9.17, 15) is 0 Å². The predicted octanol–water partition coefficient (Wildman–Crippen LogP) is 1.60. The Kier molecular flexibility index (Phi) is 6.47. The summed E-state index contributed by atoms with van der Waals surface area (Å²) in [6, 6.07) is 9.03. The molecular weight excluding hydrogens is 252 g/mol. The van der Waals surface area contributed by atoms with Gasteiger partial charge in [-0.3, -0.25) is 4.90 Å². The number of nitrogens with zero attached hydrogens (tertiary/aromatic N) is 1. The fourth-order valence-electron chi connectivity index (χ4n) is 2.86. The molecule has 0 bridgehead atoms. The minimum Gasteiger partial charge on any atom is -0.382 e. The van der Waals surface area contributed by atoms with Crippen LogP contribution >= 0.6 is 0 Å². The van der Waals surface area contributed by atoms with E-state index in [4.69, 9.17) is 15.2 Å². The summed E-state index contributed by atoms with van der Waals surface area (Å²) in [5.74, 6) is 0. The van der Waals surface area contributed by atoms with Crippen LogP contribution in [-0.2, 0) is 15.9 Å². The highest BCUT2D eigenvalue weighted by Crippen LogP contribution is 2.28. The molecule has 0 radical (unpaired) electrons. The van der Waals surface area contributed by atoms with Crippen molar-refractivity contribution in [3.63, 3.8) is 0 Å². The van der Waals surface area contributed by atoms with Gasteiger partial charge in [-0.1, -0.05) is 24.3 Å². The van der Waals surface area contributed by atoms with Crippen molar-refractivity contribution >= 4 is 0 Å². The van der Waals surface area contributed by atoms with Gasteiger partial charge >= 0.3 is 0 Å². The van der Waals surface area contributed by atoms with Gasteiger partial charge in [-0.15, -0.1) is 0 Å². The van der Waals surface area contributed by atoms with Crippen LogP contribution in [0.2, 0.25) is 0 Å². The highest BCUT2D eigenvalue weighted by molar-refractivity contribution is 5.32. The largest absolute Gasteiger partial charge is 0.382 e. The summed E-state index contributed by atoms with van der Waals surface area (Å²) < 4.78 is 10.5. The molecule has 0 amide bonds. The van der Waals surface area contributed by atoms with E-state index in [2.05, 4.69) is 29.2 Å². The van der Waals surface area contributed by atoms with Gasteiger partial charge < -0.3 is 15.2 Å². The normalized spacial score (nSPS) is 19.0. The van der Waals surface area contributed by atoms with Crippen LogP contribution in [0.15, 0.2) is 24.3 Å². The number of hydrogen-bond acceptors (Lipinski definition) is 4. The average molecular weight is 278 g/mol.